The van der Waals surface area contributed by atoms with E-state index >= 15 is 0 Å². The summed E-state index contributed by atoms with van der Waals surface area (Å²) in [5, 5.41) is 14.0. The van der Waals surface area contributed by atoms with Crippen LogP contribution in [0.25, 0.3) is 0 Å². The van der Waals surface area contributed by atoms with Gasteiger partial charge in [0.25, 0.3) is 29.5 Å². The second-order valence-electron chi connectivity index (χ2n) is 18.4. The Hall–Kier alpha value is -7.08. The molecule has 7 aliphatic rings. The van der Waals surface area contributed by atoms with Crippen molar-refractivity contribution in [1.82, 2.24) is 35.2 Å². The van der Waals surface area contributed by atoms with Gasteiger partial charge in [-0.2, -0.15) is 4.98 Å². The lowest BCUT2D eigenvalue weighted by atomic mass is 9.89. The maximum absolute atomic E-state index is 13.4. The van der Waals surface area contributed by atoms with E-state index in [1.807, 2.05) is 23.1 Å². The van der Waals surface area contributed by atoms with Gasteiger partial charge in [-0.05, 0) is 117 Å². The van der Waals surface area contributed by atoms with Crippen LogP contribution in [0.5, 0.6) is 0 Å². The van der Waals surface area contributed by atoms with Crippen LogP contribution in [-0.4, -0.2) is 129 Å². The smallest absolute Gasteiger partial charge is 0.273 e. The zero-order valence-electron chi connectivity index (χ0n) is 35.5. The molecule has 7 amide bonds. The predicted molar refractivity (Wildman–Crippen MR) is 235 cm³/mol. The van der Waals surface area contributed by atoms with Gasteiger partial charge in [0.15, 0.2) is 11.5 Å². The van der Waals surface area contributed by atoms with Crippen LogP contribution in [0.2, 0.25) is 0 Å². The van der Waals surface area contributed by atoms with E-state index in [2.05, 4.69) is 42.8 Å². The monoisotopic (exact) mass is 877 g/mol. The fraction of sp³-hybridized carbons (Fsp3) is 0.404. The summed E-state index contributed by atoms with van der Waals surface area (Å²) in [5.74, 6) is -1.77. The molecule has 4 aromatic rings. The SMILES string of the molecule is NC(=O)c1nnc(N2CC3CC(N4C(=O)c5ccccc5C4=O)C2C3)nc1Nc1ccc(C2CCN(CC3CCN(c4ccc5c(c4)C(=O)N(C4CCC(=O)NC4=O)C5=O)C3)CC2)cc1. The third-order valence-electron chi connectivity index (χ3n) is 14.6. The van der Waals surface area contributed by atoms with Crippen molar-refractivity contribution in [2.45, 2.75) is 69.0 Å². The molecule has 3 aromatic carbocycles. The zero-order valence-corrected chi connectivity index (χ0v) is 35.5. The number of benzene rings is 3. The van der Waals surface area contributed by atoms with Crippen molar-refractivity contribution in [1.29, 1.82) is 0 Å². The van der Waals surface area contributed by atoms with Gasteiger partial charge in [0, 0.05) is 44.0 Å². The summed E-state index contributed by atoms with van der Waals surface area (Å²) in [6, 6.07) is 18.9. The molecule has 4 N–H and O–H groups in total. The van der Waals surface area contributed by atoms with Crippen molar-refractivity contribution in [2.75, 3.05) is 54.4 Å². The summed E-state index contributed by atoms with van der Waals surface area (Å²) in [7, 11) is 0. The first-order valence-electron chi connectivity index (χ1n) is 22.5. The Morgan fingerprint density at radius 3 is 2.14 bits per heavy atom. The number of hydrogen-bond donors (Lipinski definition) is 3. The van der Waals surface area contributed by atoms with Crippen molar-refractivity contribution < 1.29 is 33.6 Å². The number of carbonyl (C=O) groups excluding carboxylic acids is 7. The fourth-order valence-electron chi connectivity index (χ4n) is 11.4. The van der Waals surface area contributed by atoms with Crippen LogP contribution in [0.3, 0.4) is 0 Å². The molecule has 18 heteroatoms. The van der Waals surface area contributed by atoms with Crippen LogP contribution in [0.15, 0.2) is 66.7 Å². The lowest BCUT2D eigenvalue weighted by molar-refractivity contribution is -0.136. The van der Waals surface area contributed by atoms with Crippen molar-refractivity contribution in [3.8, 4) is 0 Å². The molecule has 5 fully saturated rings. The number of piperidine rings is 3. The number of anilines is 4. The van der Waals surface area contributed by atoms with Gasteiger partial charge in [0.05, 0.1) is 34.3 Å². The van der Waals surface area contributed by atoms with Crippen LogP contribution < -0.4 is 26.2 Å². The van der Waals surface area contributed by atoms with Crippen molar-refractivity contribution in [3.63, 3.8) is 0 Å². The number of nitrogens with one attached hydrogen (secondary N) is 2. The van der Waals surface area contributed by atoms with Crippen LogP contribution in [0.4, 0.5) is 23.1 Å². The Bertz CT molecular complexity index is 2670. The molecule has 1 aliphatic carbocycles. The number of amides is 7. The molecule has 6 aliphatic heterocycles. The number of primary amides is 1. The number of carbonyl (C=O) groups is 7. The molecule has 1 aromatic heterocycles. The summed E-state index contributed by atoms with van der Waals surface area (Å²) >= 11 is 0. The highest BCUT2D eigenvalue weighted by Crippen LogP contribution is 2.44. The number of likely N-dealkylation sites (tertiary alicyclic amines) is 1. The average Bonchev–Trinajstić information content (AvgIpc) is 4.14. The number of rotatable bonds is 10. The number of fused-ring (bicyclic) bond motifs is 4. The lowest BCUT2D eigenvalue weighted by Crippen LogP contribution is -2.54. The average molecular weight is 878 g/mol. The second-order valence-corrected chi connectivity index (χ2v) is 18.4. The van der Waals surface area contributed by atoms with Crippen molar-refractivity contribution in [2.24, 2.45) is 17.6 Å². The Labute approximate surface area is 373 Å². The number of aromatic nitrogens is 3. The Kier molecular flexibility index (Phi) is 9.93. The van der Waals surface area contributed by atoms with Crippen LogP contribution in [0.1, 0.15) is 108 Å². The van der Waals surface area contributed by atoms with E-state index in [1.54, 1.807) is 36.4 Å². The van der Waals surface area contributed by atoms with Gasteiger partial charge in [0.1, 0.15) is 6.04 Å². The molecule has 332 valence electrons. The van der Waals surface area contributed by atoms with Crippen LogP contribution in [-0.2, 0) is 9.59 Å². The van der Waals surface area contributed by atoms with Gasteiger partial charge in [-0.15, -0.1) is 10.2 Å². The minimum atomic E-state index is -0.988. The Balaban J connectivity index is 0.691. The molecule has 4 saturated heterocycles. The Morgan fingerprint density at radius 1 is 0.738 bits per heavy atom. The molecule has 1 saturated carbocycles. The van der Waals surface area contributed by atoms with Crippen LogP contribution in [0, 0.1) is 11.8 Å². The third-order valence-corrected chi connectivity index (χ3v) is 14.6. The second kappa shape index (κ2) is 15.9. The van der Waals surface area contributed by atoms with Gasteiger partial charge < -0.3 is 25.8 Å². The number of imide groups is 3. The Morgan fingerprint density at radius 2 is 1.43 bits per heavy atom. The van der Waals surface area contributed by atoms with Gasteiger partial charge in [-0.1, -0.05) is 24.3 Å². The predicted octanol–water partition coefficient (Wildman–Crippen LogP) is 3.08. The topological polar surface area (TPSA) is 224 Å². The summed E-state index contributed by atoms with van der Waals surface area (Å²) in [5.41, 5.74) is 9.88. The highest BCUT2D eigenvalue weighted by molar-refractivity contribution is 6.24. The molecule has 2 bridgehead atoms. The molecule has 7 heterocycles. The lowest BCUT2D eigenvalue weighted by Gasteiger charge is -2.37. The van der Waals surface area contributed by atoms with Gasteiger partial charge in [-0.25, -0.2) is 0 Å². The molecule has 0 radical (unpaired) electrons. The van der Waals surface area contributed by atoms with E-state index in [1.165, 1.54) is 10.5 Å². The van der Waals surface area contributed by atoms with E-state index in [-0.39, 0.29) is 59.7 Å². The molecular weight excluding hydrogens is 831 g/mol. The number of hydrogen-bond acceptors (Lipinski definition) is 14. The van der Waals surface area contributed by atoms with Gasteiger partial charge >= 0.3 is 0 Å². The van der Waals surface area contributed by atoms with Crippen molar-refractivity contribution >= 4 is 64.5 Å². The van der Waals surface area contributed by atoms with E-state index in [9.17, 15) is 33.6 Å². The summed E-state index contributed by atoms with van der Waals surface area (Å²) < 4.78 is 0. The summed E-state index contributed by atoms with van der Waals surface area (Å²) in [6.45, 7) is 5.23. The van der Waals surface area contributed by atoms with Gasteiger partial charge in [-0.3, -0.25) is 48.7 Å². The quantitative estimate of drug-likeness (QED) is 0.195. The molecule has 0 spiro atoms. The first kappa shape index (κ1) is 40.7. The first-order valence-corrected chi connectivity index (χ1v) is 22.5. The number of nitrogens with zero attached hydrogens (tertiary/aromatic N) is 8. The normalized spacial score (nSPS) is 25.5. The molecule has 5 unspecified atom stereocenters. The maximum Gasteiger partial charge on any atom is 0.273 e. The molecule has 11 rings (SSSR count). The summed E-state index contributed by atoms with van der Waals surface area (Å²) in [4.78, 5) is 104. The minimum Gasteiger partial charge on any atom is -0.371 e. The first-order chi connectivity index (χ1) is 31.5. The minimum absolute atomic E-state index is 0.0802. The van der Waals surface area contributed by atoms with E-state index in [4.69, 9.17) is 10.7 Å². The highest BCUT2D eigenvalue weighted by atomic mass is 16.2. The highest BCUT2D eigenvalue weighted by Gasteiger charge is 2.53. The summed E-state index contributed by atoms with van der Waals surface area (Å²) in [6.07, 6.45) is 4.73. The van der Waals surface area contributed by atoms with Crippen molar-refractivity contribution in [3.05, 3.63) is 100 Å². The molecule has 5 atom stereocenters. The fourth-order valence-corrected chi connectivity index (χ4v) is 11.4. The molecule has 65 heavy (non-hydrogen) atoms. The third kappa shape index (κ3) is 7.06. The van der Waals surface area contributed by atoms with E-state index in [0.717, 1.165) is 69.0 Å². The van der Waals surface area contributed by atoms with E-state index < -0.39 is 35.6 Å². The number of nitrogens with two attached hydrogens (primary N) is 1. The molecular formula is C47H47N11O7. The standard InChI is InChI=1S/C47H47N11O7/c48-40(60)39-41(51-47(53-52-39)56-24-26-19-36(56)37(20-26)58-43(62)31-3-1-2-4-32(31)44(58)63)49-29-7-5-27(6-8-29)28-14-16-54(17-15-28)22-25-13-18-55(23-25)30-9-10-33-34(21-30)46(65)57(45(33)64)35-11-12-38(59)50-42(35)61/h1-10,21,25-26,28,35-37H,11-20,22-24H2,(H2,48,60)(H,49,51,53)(H,50,59,61). The van der Waals surface area contributed by atoms with E-state index in [0.29, 0.717) is 53.1 Å². The zero-order chi connectivity index (χ0) is 44.7. The maximum atomic E-state index is 13.4. The van der Waals surface area contributed by atoms with Crippen LogP contribution >= 0.6 is 0 Å². The van der Waals surface area contributed by atoms with Gasteiger partial charge in [0.2, 0.25) is 17.8 Å². The molecule has 18 nitrogen and oxygen atoms in total. The largest absolute Gasteiger partial charge is 0.371 e.